The number of anilines is 2. The minimum atomic E-state index is -1.31. The van der Waals surface area contributed by atoms with Crippen molar-refractivity contribution >= 4 is 61.6 Å². The van der Waals surface area contributed by atoms with Crippen molar-refractivity contribution in [3.05, 3.63) is 75.1 Å². The molecular formula is C27H25B2Cl2FN6O5. The second-order valence-electron chi connectivity index (χ2n) is 9.44. The fraction of sp³-hybridized carbons (Fsp3) is 0.259. The number of amides is 2. The zero-order valence-electron chi connectivity index (χ0n) is 22.9. The molecule has 1 aliphatic rings. The van der Waals surface area contributed by atoms with Crippen LogP contribution in [0.25, 0.3) is 0 Å². The van der Waals surface area contributed by atoms with Gasteiger partial charge < -0.3 is 35.2 Å². The van der Waals surface area contributed by atoms with E-state index < -0.39 is 24.9 Å². The Kier molecular flexibility index (Phi) is 10.7. The van der Waals surface area contributed by atoms with Crippen molar-refractivity contribution in [2.45, 2.75) is 19.3 Å². The molecule has 0 spiro atoms. The van der Waals surface area contributed by atoms with Gasteiger partial charge in [-0.1, -0.05) is 23.2 Å². The summed E-state index contributed by atoms with van der Waals surface area (Å²) in [5, 5.41) is 19.8. The minimum Gasteiger partial charge on any atom is -0.527 e. The van der Waals surface area contributed by atoms with E-state index in [9.17, 15) is 19.0 Å². The van der Waals surface area contributed by atoms with Gasteiger partial charge >= 0.3 is 15.1 Å². The SMILES string of the molecule is [B]OC#C[C@@H](Oc1cc(C(=O)Nc2ccc(C(=O)N3CCCN(B(C)O)CC3)cc2)nnc1N)c1c(Cl)ccc(F)c1Cl. The summed E-state index contributed by atoms with van der Waals surface area (Å²) in [5.74, 6) is 0.607. The number of nitrogens with two attached hydrogens (primary N) is 1. The van der Waals surface area contributed by atoms with Gasteiger partial charge in [-0.05, 0) is 62.1 Å². The summed E-state index contributed by atoms with van der Waals surface area (Å²) < 4.78 is 24.3. The fourth-order valence-corrected chi connectivity index (χ4v) is 4.90. The maximum atomic E-state index is 14.2. The Labute approximate surface area is 259 Å². The van der Waals surface area contributed by atoms with Crippen LogP contribution in [0.3, 0.4) is 0 Å². The van der Waals surface area contributed by atoms with Crippen molar-refractivity contribution in [3.8, 4) is 17.8 Å². The average Bonchev–Trinajstić information content (AvgIpc) is 3.25. The van der Waals surface area contributed by atoms with Crippen molar-refractivity contribution in [1.29, 1.82) is 0 Å². The molecule has 0 aliphatic carbocycles. The zero-order chi connectivity index (χ0) is 31.1. The zero-order valence-corrected chi connectivity index (χ0v) is 24.4. The van der Waals surface area contributed by atoms with Crippen LogP contribution in [0.15, 0.2) is 42.5 Å². The molecule has 3 aromatic rings. The highest BCUT2D eigenvalue weighted by Gasteiger charge is 2.25. The molecule has 1 aromatic heterocycles. The predicted octanol–water partition coefficient (Wildman–Crippen LogP) is 3.20. The molecule has 1 saturated heterocycles. The molecule has 2 amide bonds. The molecule has 1 aliphatic heterocycles. The molecule has 0 bridgehead atoms. The molecular weight excluding hydrogens is 600 g/mol. The van der Waals surface area contributed by atoms with E-state index in [0.29, 0.717) is 37.4 Å². The molecule has 220 valence electrons. The summed E-state index contributed by atoms with van der Waals surface area (Å²) in [6.07, 6.45) is 1.57. The molecule has 16 heteroatoms. The number of ether oxygens (including phenoxy) is 1. The van der Waals surface area contributed by atoms with E-state index in [4.69, 9.17) is 41.7 Å². The predicted molar refractivity (Wildman–Crippen MR) is 161 cm³/mol. The smallest absolute Gasteiger partial charge is 0.392 e. The number of benzene rings is 2. The second-order valence-corrected chi connectivity index (χ2v) is 10.2. The molecule has 4 N–H and O–H groups in total. The number of aromatic nitrogens is 2. The van der Waals surface area contributed by atoms with Crippen LogP contribution in [-0.4, -0.2) is 78.0 Å². The molecule has 0 saturated carbocycles. The van der Waals surface area contributed by atoms with Gasteiger partial charge in [0.25, 0.3) is 11.8 Å². The molecule has 11 nitrogen and oxygen atoms in total. The molecule has 0 unspecified atom stereocenters. The topological polar surface area (TPSA) is 143 Å². The van der Waals surface area contributed by atoms with Crippen LogP contribution in [0, 0.1) is 17.8 Å². The van der Waals surface area contributed by atoms with Gasteiger partial charge in [-0.2, -0.15) is 0 Å². The number of rotatable bonds is 7. The number of hydrogen-bond acceptors (Lipinski definition) is 9. The lowest BCUT2D eigenvalue weighted by Crippen LogP contribution is -2.40. The number of carbonyl (C=O) groups excluding carboxylic acids is 2. The Hall–Kier alpha value is -4.02. The number of nitrogen functional groups attached to an aromatic ring is 1. The highest BCUT2D eigenvalue weighted by Crippen LogP contribution is 2.36. The van der Waals surface area contributed by atoms with Crippen molar-refractivity contribution in [2.24, 2.45) is 0 Å². The standard InChI is InChI=1S/C27H25B2Cl2FN6O5/c1-29(41)38-11-2-10-37(12-13-38)27(40)16-3-5-17(6-4-16)34-26(39)20-15-22(25(33)36-35-20)43-21(9-14-42-28)23-18(30)7-8-19(32)24(23)31/h3-8,15,21,41H,2,10-13H2,1H3,(H2,33,36)(H,34,39)/t21-/m1/s1. The van der Waals surface area contributed by atoms with E-state index in [2.05, 4.69) is 32.2 Å². The van der Waals surface area contributed by atoms with E-state index in [0.717, 1.165) is 12.5 Å². The lowest BCUT2D eigenvalue weighted by molar-refractivity contribution is 0.0763. The minimum absolute atomic E-state index is 0.0230. The Morgan fingerprint density at radius 1 is 1.16 bits per heavy atom. The van der Waals surface area contributed by atoms with E-state index in [1.807, 2.05) is 4.81 Å². The largest absolute Gasteiger partial charge is 0.527 e. The Balaban J connectivity index is 1.47. The van der Waals surface area contributed by atoms with Gasteiger partial charge in [0, 0.05) is 42.5 Å². The Morgan fingerprint density at radius 3 is 2.60 bits per heavy atom. The third kappa shape index (κ3) is 7.88. The molecule has 2 radical (unpaired) electrons. The molecule has 1 atom stereocenters. The van der Waals surface area contributed by atoms with E-state index >= 15 is 0 Å². The fourth-order valence-electron chi connectivity index (χ4n) is 4.34. The van der Waals surface area contributed by atoms with Crippen LogP contribution >= 0.6 is 23.2 Å². The maximum Gasteiger partial charge on any atom is 0.392 e. The summed E-state index contributed by atoms with van der Waals surface area (Å²) in [6, 6.07) is 9.93. The number of hydrogen-bond donors (Lipinski definition) is 3. The lowest BCUT2D eigenvalue weighted by atomic mass is 9.85. The lowest BCUT2D eigenvalue weighted by Gasteiger charge is -2.22. The highest BCUT2D eigenvalue weighted by molar-refractivity contribution is 6.45. The molecule has 43 heavy (non-hydrogen) atoms. The van der Waals surface area contributed by atoms with Crippen LogP contribution < -0.4 is 15.8 Å². The van der Waals surface area contributed by atoms with Crippen molar-refractivity contribution in [1.82, 2.24) is 19.9 Å². The summed E-state index contributed by atoms with van der Waals surface area (Å²) in [4.78, 5) is 29.7. The third-order valence-electron chi connectivity index (χ3n) is 6.59. The van der Waals surface area contributed by atoms with Gasteiger partial charge in [0.2, 0.25) is 0 Å². The molecule has 2 heterocycles. The Bertz CT molecular complexity index is 1560. The van der Waals surface area contributed by atoms with E-state index in [1.165, 1.54) is 12.1 Å². The van der Waals surface area contributed by atoms with Gasteiger partial charge in [-0.25, -0.2) is 4.39 Å². The molecule has 4 rings (SSSR count). The summed E-state index contributed by atoms with van der Waals surface area (Å²) in [7, 11) is 4.43. The van der Waals surface area contributed by atoms with E-state index in [-0.39, 0.29) is 38.8 Å². The third-order valence-corrected chi connectivity index (χ3v) is 7.30. The van der Waals surface area contributed by atoms with Crippen LogP contribution in [0.2, 0.25) is 16.9 Å². The Morgan fingerprint density at radius 2 is 1.91 bits per heavy atom. The highest BCUT2D eigenvalue weighted by atomic mass is 35.5. The van der Waals surface area contributed by atoms with Gasteiger partial charge in [0.15, 0.2) is 23.4 Å². The second kappa shape index (κ2) is 14.4. The number of nitrogens with zero attached hydrogens (tertiary/aromatic N) is 4. The first kappa shape index (κ1) is 31.9. The van der Waals surface area contributed by atoms with Crippen LogP contribution in [0.4, 0.5) is 15.9 Å². The first-order chi connectivity index (χ1) is 20.6. The van der Waals surface area contributed by atoms with Crippen molar-refractivity contribution < 1.29 is 28.4 Å². The summed E-state index contributed by atoms with van der Waals surface area (Å²) >= 11 is 12.3. The molecule has 2 aromatic carbocycles. The average molecular weight is 625 g/mol. The number of halogens is 3. The number of carbonyl (C=O) groups is 2. The van der Waals surface area contributed by atoms with Gasteiger partial charge in [-0.15, -0.1) is 10.2 Å². The first-order valence-corrected chi connectivity index (χ1v) is 13.8. The number of nitrogens with one attached hydrogen (secondary N) is 1. The molecule has 1 fully saturated rings. The van der Waals surface area contributed by atoms with E-state index in [1.54, 1.807) is 36.0 Å². The quantitative estimate of drug-likeness (QED) is 0.205. The van der Waals surface area contributed by atoms with Gasteiger partial charge in [0.05, 0.1) is 16.2 Å². The monoisotopic (exact) mass is 624 g/mol. The van der Waals surface area contributed by atoms with Crippen LogP contribution in [0.5, 0.6) is 5.75 Å². The van der Waals surface area contributed by atoms with Crippen LogP contribution in [0.1, 0.15) is 38.9 Å². The maximum absolute atomic E-state index is 14.2. The van der Waals surface area contributed by atoms with Crippen LogP contribution in [-0.2, 0) is 4.65 Å². The van der Waals surface area contributed by atoms with Gasteiger partial charge in [-0.3, -0.25) is 9.59 Å². The van der Waals surface area contributed by atoms with Crippen molar-refractivity contribution in [3.63, 3.8) is 0 Å². The van der Waals surface area contributed by atoms with Crippen molar-refractivity contribution in [2.75, 3.05) is 37.2 Å². The normalized spacial score (nSPS) is 14.1. The summed E-state index contributed by atoms with van der Waals surface area (Å²) in [5.41, 5.74) is 6.57. The van der Waals surface area contributed by atoms with Gasteiger partial charge in [0.1, 0.15) is 5.82 Å². The summed E-state index contributed by atoms with van der Waals surface area (Å²) in [6.45, 7) is 4.05. The first-order valence-electron chi connectivity index (χ1n) is 13.0.